The highest BCUT2D eigenvalue weighted by Gasteiger charge is 2.33. The van der Waals surface area contributed by atoms with E-state index in [0.29, 0.717) is 17.4 Å². The Bertz CT molecular complexity index is 671. The summed E-state index contributed by atoms with van der Waals surface area (Å²) in [7, 11) is 1.35. The first-order chi connectivity index (χ1) is 11.6. The van der Waals surface area contributed by atoms with Gasteiger partial charge in [-0.05, 0) is 30.7 Å². The second kappa shape index (κ2) is 7.68. The number of nitrogens with zero attached hydrogens (tertiary/aromatic N) is 3. The molecule has 1 unspecified atom stereocenters. The molecule has 0 saturated carbocycles. The standard InChI is InChI=1S/C19H31N3O3/c1-13(2)9-16(18(24)25-6)22-17(23)14(3)10-15(20-22)7-8-21-11-19(4,5)12-21/h10,13,16H,7-9,11-12H2,1-6H3. The van der Waals surface area contributed by atoms with Crippen molar-refractivity contribution in [3.63, 3.8) is 0 Å². The van der Waals surface area contributed by atoms with E-state index in [-0.39, 0.29) is 11.5 Å². The van der Waals surface area contributed by atoms with Crippen LogP contribution in [0.1, 0.15) is 51.4 Å². The molecule has 1 aliphatic rings. The fourth-order valence-electron chi connectivity index (χ4n) is 3.51. The number of rotatable bonds is 7. The predicted molar refractivity (Wildman–Crippen MR) is 97.7 cm³/mol. The first-order valence-corrected chi connectivity index (χ1v) is 9.02. The molecule has 140 valence electrons. The minimum atomic E-state index is -0.668. The topological polar surface area (TPSA) is 64.4 Å². The molecule has 1 saturated heterocycles. The Morgan fingerprint density at radius 1 is 1.36 bits per heavy atom. The molecule has 0 radical (unpaired) electrons. The lowest BCUT2D eigenvalue weighted by Gasteiger charge is -2.46. The smallest absolute Gasteiger partial charge is 0.330 e. The van der Waals surface area contributed by atoms with Gasteiger partial charge in [-0.15, -0.1) is 0 Å². The van der Waals surface area contributed by atoms with Crippen molar-refractivity contribution in [1.82, 2.24) is 14.7 Å². The molecule has 1 atom stereocenters. The normalized spacial score (nSPS) is 18.0. The monoisotopic (exact) mass is 349 g/mol. The third kappa shape index (κ3) is 4.91. The summed E-state index contributed by atoms with van der Waals surface area (Å²) in [4.78, 5) is 27.1. The molecule has 1 aliphatic heterocycles. The molecule has 2 heterocycles. The van der Waals surface area contributed by atoms with Crippen molar-refractivity contribution in [3.8, 4) is 0 Å². The fourth-order valence-corrected chi connectivity index (χ4v) is 3.51. The van der Waals surface area contributed by atoms with E-state index in [1.807, 2.05) is 19.9 Å². The minimum Gasteiger partial charge on any atom is -0.467 e. The minimum absolute atomic E-state index is 0.218. The molecule has 0 spiro atoms. The average Bonchev–Trinajstić information content (AvgIpc) is 2.50. The Balaban J connectivity index is 2.20. The molecule has 1 fully saturated rings. The van der Waals surface area contributed by atoms with Gasteiger partial charge < -0.3 is 9.64 Å². The maximum absolute atomic E-state index is 12.5. The first-order valence-electron chi connectivity index (χ1n) is 9.02. The van der Waals surface area contributed by atoms with E-state index in [1.54, 1.807) is 6.92 Å². The lowest BCUT2D eigenvalue weighted by molar-refractivity contribution is -0.145. The van der Waals surface area contributed by atoms with Gasteiger partial charge in [0.15, 0.2) is 6.04 Å². The number of hydrogen-bond donors (Lipinski definition) is 0. The number of carbonyl (C=O) groups excluding carboxylic acids is 1. The number of likely N-dealkylation sites (tertiary alicyclic amines) is 1. The highest BCUT2D eigenvalue weighted by molar-refractivity contribution is 5.73. The lowest BCUT2D eigenvalue weighted by Crippen LogP contribution is -2.53. The predicted octanol–water partition coefficient (Wildman–Crippen LogP) is 2.20. The molecule has 0 amide bonds. The van der Waals surface area contributed by atoms with E-state index in [1.165, 1.54) is 11.8 Å². The van der Waals surface area contributed by atoms with E-state index in [0.717, 1.165) is 31.7 Å². The van der Waals surface area contributed by atoms with Crippen molar-refractivity contribution in [2.75, 3.05) is 26.7 Å². The van der Waals surface area contributed by atoms with Gasteiger partial charge in [0, 0.05) is 31.6 Å². The van der Waals surface area contributed by atoms with Gasteiger partial charge in [0.05, 0.1) is 12.8 Å². The van der Waals surface area contributed by atoms with Crippen molar-refractivity contribution in [2.24, 2.45) is 11.3 Å². The molecule has 6 heteroatoms. The van der Waals surface area contributed by atoms with Crippen molar-refractivity contribution >= 4 is 5.97 Å². The number of methoxy groups -OCH3 is 1. The van der Waals surface area contributed by atoms with Crippen LogP contribution in [-0.4, -0.2) is 47.4 Å². The van der Waals surface area contributed by atoms with Crippen LogP contribution in [0.2, 0.25) is 0 Å². The molecule has 1 aromatic heterocycles. The second-order valence-corrected chi connectivity index (χ2v) is 8.36. The SMILES string of the molecule is COC(=O)C(CC(C)C)n1nc(CCN2CC(C)(C)C2)cc(C)c1=O. The summed E-state index contributed by atoms with van der Waals surface area (Å²) >= 11 is 0. The third-order valence-electron chi connectivity index (χ3n) is 4.62. The quantitative estimate of drug-likeness (QED) is 0.706. The van der Waals surface area contributed by atoms with Gasteiger partial charge in [-0.2, -0.15) is 5.10 Å². The van der Waals surface area contributed by atoms with Crippen LogP contribution in [0.25, 0.3) is 0 Å². The Labute approximate surface area is 150 Å². The average molecular weight is 349 g/mol. The van der Waals surface area contributed by atoms with Gasteiger partial charge in [-0.3, -0.25) is 4.79 Å². The first kappa shape index (κ1) is 19.6. The molecule has 0 aromatic carbocycles. The van der Waals surface area contributed by atoms with Gasteiger partial charge in [0.2, 0.25) is 0 Å². The van der Waals surface area contributed by atoms with E-state index >= 15 is 0 Å². The number of aromatic nitrogens is 2. The summed E-state index contributed by atoms with van der Waals surface area (Å²) in [6, 6.07) is 1.17. The number of aryl methyl sites for hydroxylation is 1. The Hall–Kier alpha value is -1.69. The molecule has 0 aliphatic carbocycles. The number of esters is 1. The molecule has 6 nitrogen and oxygen atoms in total. The Morgan fingerprint density at radius 3 is 2.52 bits per heavy atom. The summed E-state index contributed by atoms with van der Waals surface area (Å²) in [6.07, 6.45) is 1.30. The maximum atomic E-state index is 12.5. The zero-order chi connectivity index (χ0) is 18.8. The number of ether oxygens (including phenoxy) is 1. The van der Waals surface area contributed by atoms with Gasteiger partial charge in [0.25, 0.3) is 5.56 Å². The number of hydrogen-bond acceptors (Lipinski definition) is 5. The van der Waals surface area contributed by atoms with Gasteiger partial charge >= 0.3 is 5.97 Å². The molecular weight excluding hydrogens is 318 g/mol. The summed E-state index contributed by atoms with van der Waals surface area (Å²) in [6.45, 7) is 13.4. The van der Waals surface area contributed by atoms with Crippen molar-refractivity contribution < 1.29 is 9.53 Å². The Kier molecular flexibility index (Phi) is 6.03. The van der Waals surface area contributed by atoms with Crippen LogP contribution in [0.15, 0.2) is 10.9 Å². The molecule has 25 heavy (non-hydrogen) atoms. The molecule has 0 N–H and O–H groups in total. The largest absolute Gasteiger partial charge is 0.467 e. The zero-order valence-corrected chi connectivity index (χ0v) is 16.3. The summed E-state index contributed by atoms with van der Waals surface area (Å²) in [5.74, 6) is -0.158. The summed E-state index contributed by atoms with van der Waals surface area (Å²) in [5, 5.41) is 4.50. The maximum Gasteiger partial charge on any atom is 0.330 e. The molecule has 2 rings (SSSR count). The highest BCUT2D eigenvalue weighted by atomic mass is 16.5. The van der Waals surface area contributed by atoms with Crippen LogP contribution in [0, 0.1) is 18.3 Å². The van der Waals surface area contributed by atoms with E-state index < -0.39 is 12.0 Å². The molecule has 0 bridgehead atoms. The van der Waals surface area contributed by atoms with Crippen molar-refractivity contribution in [3.05, 3.63) is 27.7 Å². The van der Waals surface area contributed by atoms with Crippen LogP contribution in [-0.2, 0) is 16.0 Å². The van der Waals surface area contributed by atoms with Crippen LogP contribution in [0.5, 0.6) is 0 Å². The Morgan fingerprint density at radius 2 is 2.00 bits per heavy atom. The van der Waals surface area contributed by atoms with E-state index in [4.69, 9.17) is 4.74 Å². The second-order valence-electron chi connectivity index (χ2n) is 8.36. The van der Waals surface area contributed by atoms with Crippen LogP contribution < -0.4 is 5.56 Å². The van der Waals surface area contributed by atoms with Crippen molar-refractivity contribution in [2.45, 2.75) is 53.5 Å². The summed E-state index contributed by atoms with van der Waals surface area (Å²) < 4.78 is 6.23. The van der Waals surface area contributed by atoms with E-state index in [9.17, 15) is 9.59 Å². The third-order valence-corrected chi connectivity index (χ3v) is 4.62. The van der Waals surface area contributed by atoms with E-state index in [2.05, 4.69) is 23.8 Å². The van der Waals surface area contributed by atoms with Crippen LogP contribution in [0.4, 0.5) is 0 Å². The van der Waals surface area contributed by atoms with Gasteiger partial charge in [-0.25, -0.2) is 9.48 Å². The van der Waals surface area contributed by atoms with Gasteiger partial charge in [0.1, 0.15) is 0 Å². The van der Waals surface area contributed by atoms with Gasteiger partial charge in [-0.1, -0.05) is 27.7 Å². The molecule has 1 aromatic rings. The number of carbonyl (C=O) groups is 1. The van der Waals surface area contributed by atoms with Crippen LogP contribution in [0.3, 0.4) is 0 Å². The zero-order valence-electron chi connectivity index (χ0n) is 16.3. The highest BCUT2D eigenvalue weighted by Crippen LogP contribution is 2.28. The molecular formula is C19H31N3O3. The lowest BCUT2D eigenvalue weighted by atomic mass is 9.84. The summed E-state index contributed by atoms with van der Waals surface area (Å²) in [5.41, 5.74) is 1.64. The fraction of sp³-hybridized carbons (Fsp3) is 0.737. The van der Waals surface area contributed by atoms with Crippen LogP contribution >= 0.6 is 0 Å². The van der Waals surface area contributed by atoms with Crippen molar-refractivity contribution in [1.29, 1.82) is 0 Å².